The molecule has 0 amide bonds. The zero-order chi connectivity index (χ0) is 11.3. The molecule has 1 aliphatic heterocycles. The number of ether oxygens (including phenoxy) is 2. The van der Waals surface area contributed by atoms with Crippen LogP contribution < -0.4 is 0 Å². The van der Waals surface area contributed by atoms with E-state index in [0.29, 0.717) is 6.61 Å². The standard InChI is InChI=1S/C9H18O5S/c1-8(7-13-15(2,10)11)14-9-5-3-4-6-12-9/h8-9H,3-7H2,1-2H3. The van der Waals surface area contributed by atoms with Crippen molar-refractivity contribution >= 4 is 10.1 Å². The zero-order valence-electron chi connectivity index (χ0n) is 9.14. The highest BCUT2D eigenvalue weighted by Gasteiger charge is 2.18. The lowest BCUT2D eigenvalue weighted by atomic mass is 10.2. The van der Waals surface area contributed by atoms with E-state index < -0.39 is 10.1 Å². The van der Waals surface area contributed by atoms with Crippen LogP contribution in [0.15, 0.2) is 0 Å². The molecule has 0 aromatic carbocycles. The molecular formula is C9H18O5S. The fourth-order valence-electron chi connectivity index (χ4n) is 1.34. The summed E-state index contributed by atoms with van der Waals surface area (Å²) in [5.74, 6) is 0. The number of rotatable bonds is 5. The Hall–Kier alpha value is -0.170. The molecule has 0 N–H and O–H groups in total. The van der Waals surface area contributed by atoms with Crippen LogP contribution in [0, 0.1) is 0 Å². The van der Waals surface area contributed by atoms with E-state index in [0.717, 1.165) is 25.5 Å². The average Bonchev–Trinajstić information content (AvgIpc) is 2.15. The second-order valence-corrected chi connectivity index (χ2v) is 5.38. The van der Waals surface area contributed by atoms with Crippen LogP contribution in [0.5, 0.6) is 0 Å². The van der Waals surface area contributed by atoms with Crippen LogP contribution in [0.4, 0.5) is 0 Å². The summed E-state index contributed by atoms with van der Waals surface area (Å²) in [5, 5.41) is 0. The van der Waals surface area contributed by atoms with Crippen LogP contribution in [0.25, 0.3) is 0 Å². The van der Waals surface area contributed by atoms with E-state index in [4.69, 9.17) is 9.47 Å². The van der Waals surface area contributed by atoms with Gasteiger partial charge >= 0.3 is 0 Å². The third-order valence-corrected chi connectivity index (χ3v) is 2.60. The van der Waals surface area contributed by atoms with Gasteiger partial charge in [0, 0.05) is 6.61 Å². The van der Waals surface area contributed by atoms with Crippen LogP contribution in [0.1, 0.15) is 26.2 Å². The van der Waals surface area contributed by atoms with E-state index in [1.165, 1.54) is 0 Å². The highest BCUT2D eigenvalue weighted by Crippen LogP contribution is 2.15. The third-order valence-electron chi connectivity index (χ3n) is 2.04. The van der Waals surface area contributed by atoms with Crippen molar-refractivity contribution in [2.75, 3.05) is 19.5 Å². The maximum absolute atomic E-state index is 10.7. The number of hydrogen-bond acceptors (Lipinski definition) is 5. The Morgan fingerprint density at radius 1 is 1.47 bits per heavy atom. The molecule has 2 unspecified atom stereocenters. The molecule has 15 heavy (non-hydrogen) atoms. The second-order valence-electron chi connectivity index (χ2n) is 3.73. The Kier molecular flexibility index (Phi) is 4.98. The maximum atomic E-state index is 10.7. The van der Waals surface area contributed by atoms with Crippen molar-refractivity contribution in [2.45, 2.75) is 38.6 Å². The minimum Gasteiger partial charge on any atom is -0.353 e. The summed E-state index contributed by atoms with van der Waals surface area (Å²) < 4.78 is 36.9. The average molecular weight is 238 g/mol. The quantitative estimate of drug-likeness (QED) is 0.666. The molecule has 1 heterocycles. The highest BCUT2D eigenvalue weighted by atomic mass is 32.2. The Morgan fingerprint density at radius 3 is 2.73 bits per heavy atom. The van der Waals surface area contributed by atoms with Gasteiger partial charge in [-0.2, -0.15) is 8.42 Å². The van der Waals surface area contributed by atoms with Crippen LogP contribution in [0.3, 0.4) is 0 Å². The Balaban J connectivity index is 2.20. The molecule has 0 spiro atoms. The van der Waals surface area contributed by atoms with Gasteiger partial charge in [-0.25, -0.2) is 0 Å². The van der Waals surface area contributed by atoms with Crippen LogP contribution >= 0.6 is 0 Å². The minimum absolute atomic E-state index is 0.0404. The van der Waals surface area contributed by atoms with Crippen molar-refractivity contribution in [3.63, 3.8) is 0 Å². The molecule has 0 bridgehead atoms. The molecule has 90 valence electrons. The molecule has 6 heteroatoms. The van der Waals surface area contributed by atoms with Gasteiger partial charge in [-0.3, -0.25) is 4.18 Å². The van der Waals surface area contributed by atoms with Gasteiger partial charge in [-0.05, 0) is 26.2 Å². The maximum Gasteiger partial charge on any atom is 0.264 e. The first-order chi connectivity index (χ1) is 6.97. The van der Waals surface area contributed by atoms with Crippen LogP contribution in [-0.4, -0.2) is 40.3 Å². The summed E-state index contributed by atoms with van der Waals surface area (Å²) in [6, 6.07) is 0. The van der Waals surface area contributed by atoms with Crippen molar-refractivity contribution in [2.24, 2.45) is 0 Å². The van der Waals surface area contributed by atoms with Crippen molar-refractivity contribution in [3.05, 3.63) is 0 Å². The van der Waals surface area contributed by atoms with E-state index in [-0.39, 0.29) is 19.0 Å². The van der Waals surface area contributed by atoms with Gasteiger partial charge in [0.05, 0.1) is 19.0 Å². The molecule has 0 radical (unpaired) electrons. The summed E-state index contributed by atoms with van der Waals surface area (Å²) in [5.41, 5.74) is 0. The van der Waals surface area contributed by atoms with Gasteiger partial charge in [0.1, 0.15) is 0 Å². The van der Waals surface area contributed by atoms with E-state index in [1.54, 1.807) is 6.92 Å². The zero-order valence-corrected chi connectivity index (χ0v) is 9.96. The van der Waals surface area contributed by atoms with Gasteiger partial charge in [-0.15, -0.1) is 0 Å². The fourth-order valence-corrected chi connectivity index (χ4v) is 1.78. The first-order valence-corrected chi connectivity index (χ1v) is 6.90. The molecule has 0 aliphatic carbocycles. The fraction of sp³-hybridized carbons (Fsp3) is 1.00. The molecule has 1 saturated heterocycles. The van der Waals surface area contributed by atoms with E-state index >= 15 is 0 Å². The third kappa shape index (κ3) is 6.09. The molecule has 1 rings (SSSR count). The molecule has 1 fully saturated rings. The van der Waals surface area contributed by atoms with Crippen molar-refractivity contribution in [1.82, 2.24) is 0 Å². The summed E-state index contributed by atoms with van der Waals surface area (Å²) in [4.78, 5) is 0. The molecule has 0 aromatic rings. The van der Waals surface area contributed by atoms with E-state index in [1.807, 2.05) is 0 Å². The smallest absolute Gasteiger partial charge is 0.264 e. The monoisotopic (exact) mass is 238 g/mol. The Labute approximate surface area is 90.8 Å². The van der Waals surface area contributed by atoms with Gasteiger partial charge in [0.25, 0.3) is 10.1 Å². The van der Waals surface area contributed by atoms with Crippen LogP contribution in [0.2, 0.25) is 0 Å². The van der Waals surface area contributed by atoms with Gasteiger partial charge in [0.15, 0.2) is 6.29 Å². The van der Waals surface area contributed by atoms with Gasteiger partial charge < -0.3 is 9.47 Å². The van der Waals surface area contributed by atoms with E-state index in [9.17, 15) is 8.42 Å². The normalized spacial score (nSPS) is 25.1. The Morgan fingerprint density at radius 2 is 2.20 bits per heavy atom. The highest BCUT2D eigenvalue weighted by molar-refractivity contribution is 7.85. The number of hydrogen-bond donors (Lipinski definition) is 0. The molecule has 2 atom stereocenters. The molecule has 0 saturated carbocycles. The lowest BCUT2D eigenvalue weighted by Crippen LogP contribution is -2.29. The topological polar surface area (TPSA) is 61.8 Å². The van der Waals surface area contributed by atoms with Crippen molar-refractivity contribution < 1.29 is 22.1 Å². The first kappa shape index (κ1) is 12.9. The van der Waals surface area contributed by atoms with Crippen molar-refractivity contribution in [3.8, 4) is 0 Å². The lowest BCUT2D eigenvalue weighted by Gasteiger charge is -2.25. The first-order valence-electron chi connectivity index (χ1n) is 5.09. The summed E-state index contributed by atoms with van der Waals surface area (Å²) in [6.07, 6.45) is 3.55. The van der Waals surface area contributed by atoms with Crippen molar-refractivity contribution in [1.29, 1.82) is 0 Å². The second kappa shape index (κ2) is 5.79. The largest absolute Gasteiger partial charge is 0.353 e. The molecule has 1 aliphatic rings. The predicted molar refractivity (Wildman–Crippen MR) is 54.9 cm³/mol. The summed E-state index contributed by atoms with van der Waals surface area (Å²) in [6.45, 7) is 2.52. The predicted octanol–water partition coefficient (Wildman–Crippen LogP) is 0.894. The minimum atomic E-state index is -3.38. The van der Waals surface area contributed by atoms with Gasteiger partial charge in [-0.1, -0.05) is 0 Å². The van der Waals surface area contributed by atoms with Crippen LogP contribution in [-0.2, 0) is 23.8 Å². The van der Waals surface area contributed by atoms with E-state index in [2.05, 4.69) is 4.18 Å². The van der Waals surface area contributed by atoms with Gasteiger partial charge in [0.2, 0.25) is 0 Å². The lowest BCUT2D eigenvalue weighted by molar-refractivity contribution is -0.188. The molecular weight excluding hydrogens is 220 g/mol. The summed E-state index contributed by atoms with van der Waals surface area (Å²) >= 11 is 0. The molecule has 0 aromatic heterocycles. The SMILES string of the molecule is CC(COS(C)(=O)=O)OC1CCCCO1. The summed E-state index contributed by atoms with van der Waals surface area (Å²) in [7, 11) is -3.38. The molecule has 5 nitrogen and oxygen atoms in total. The Bertz CT molecular complexity index is 268.